The van der Waals surface area contributed by atoms with E-state index >= 15 is 0 Å². The fourth-order valence-corrected chi connectivity index (χ4v) is 2.06. The zero-order valence-corrected chi connectivity index (χ0v) is 11.8. The molecule has 0 fully saturated rings. The Balaban J connectivity index is 2.24. The Labute approximate surface area is 116 Å². The Hall–Kier alpha value is -1.26. The summed E-state index contributed by atoms with van der Waals surface area (Å²) < 4.78 is 5.70. The standard InChI is InChI=1S/C13H13ClN2OS/c1-3-9-5-4-6-10(7-9)17-12-8-11(14)15-13(16-12)18-2/h4-8H,3H2,1-2H3. The zero-order valence-electron chi connectivity index (χ0n) is 10.2. The van der Waals surface area contributed by atoms with Gasteiger partial charge in [-0.05, 0) is 30.4 Å². The van der Waals surface area contributed by atoms with Gasteiger partial charge in [0.15, 0.2) is 5.16 Å². The predicted molar refractivity (Wildman–Crippen MR) is 74.7 cm³/mol. The zero-order chi connectivity index (χ0) is 13.0. The van der Waals surface area contributed by atoms with E-state index in [4.69, 9.17) is 16.3 Å². The lowest BCUT2D eigenvalue weighted by molar-refractivity contribution is 0.455. The second-order valence-corrected chi connectivity index (χ2v) is 4.78. The number of benzene rings is 1. The molecule has 0 amide bonds. The Bertz CT molecular complexity index is 548. The van der Waals surface area contributed by atoms with E-state index in [1.165, 1.54) is 17.3 Å². The third kappa shape index (κ3) is 3.37. The highest BCUT2D eigenvalue weighted by Gasteiger charge is 2.05. The van der Waals surface area contributed by atoms with E-state index in [0.29, 0.717) is 16.2 Å². The highest BCUT2D eigenvalue weighted by atomic mass is 35.5. The second-order valence-electron chi connectivity index (χ2n) is 3.62. The Morgan fingerprint density at radius 2 is 2.11 bits per heavy atom. The lowest BCUT2D eigenvalue weighted by Crippen LogP contribution is -1.93. The van der Waals surface area contributed by atoms with Crippen LogP contribution in [0.5, 0.6) is 11.6 Å². The first kappa shape index (κ1) is 13.2. The summed E-state index contributed by atoms with van der Waals surface area (Å²) in [5.74, 6) is 1.23. The molecule has 0 N–H and O–H groups in total. The van der Waals surface area contributed by atoms with Gasteiger partial charge in [-0.3, -0.25) is 0 Å². The number of rotatable bonds is 4. The highest BCUT2D eigenvalue weighted by molar-refractivity contribution is 7.98. The number of thioether (sulfide) groups is 1. The topological polar surface area (TPSA) is 35.0 Å². The molecule has 0 saturated carbocycles. The number of aryl methyl sites for hydroxylation is 1. The predicted octanol–water partition coefficient (Wildman–Crippen LogP) is 4.21. The minimum Gasteiger partial charge on any atom is -0.439 e. The van der Waals surface area contributed by atoms with Gasteiger partial charge in [-0.1, -0.05) is 42.4 Å². The molecule has 1 aromatic heterocycles. The first-order valence-corrected chi connectivity index (χ1v) is 7.17. The minimum atomic E-state index is 0.385. The molecular weight excluding hydrogens is 268 g/mol. The van der Waals surface area contributed by atoms with E-state index in [2.05, 4.69) is 23.0 Å². The number of ether oxygens (including phenoxy) is 1. The van der Waals surface area contributed by atoms with Crippen molar-refractivity contribution in [3.8, 4) is 11.6 Å². The van der Waals surface area contributed by atoms with E-state index in [1.54, 1.807) is 6.07 Å². The van der Waals surface area contributed by atoms with Crippen molar-refractivity contribution in [1.29, 1.82) is 0 Å². The van der Waals surface area contributed by atoms with Gasteiger partial charge in [0.25, 0.3) is 0 Å². The molecule has 2 aromatic rings. The van der Waals surface area contributed by atoms with Crippen molar-refractivity contribution >= 4 is 23.4 Å². The normalized spacial score (nSPS) is 10.4. The molecule has 0 aliphatic rings. The van der Waals surface area contributed by atoms with Gasteiger partial charge in [-0.15, -0.1) is 0 Å². The maximum atomic E-state index is 5.91. The van der Waals surface area contributed by atoms with Gasteiger partial charge in [-0.2, -0.15) is 4.98 Å². The van der Waals surface area contributed by atoms with Crippen molar-refractivity contribution in [2.24, 2.45) is 0 Å². The first-order valence-electron chi connectivity index (χ1n) is 5.56. The fraction of sp³-hybridized carbons (Fsp3) is 0.231. The Morgan fingerprint density at radius 3 is 2.83 bits per heavy atom. The van der Waals surface area contributed by atoms with Gasteiger partial charge >= 0.3 is 0 Å². The summed E-state index contributed by atoms with van der Waals surface area (Å²) in [5.41, 5.74) is 1.22. The van der Waals surface area contributed by atoms with Crippen LogP contribution in [0.4, 0.5) is 0 Å². The summed E-state index contributed by atoms with van der Waals surface area (Å²) in [6.07, 6.45) is 2.87. The van der Waals surface area contributed by atoms with E-state index in [0.717, 1.165) is 12.2 Å². The first-order chi connectivity index (χ1) is 8.71. The van der Waals surface area contributed by atoms with Crippen LogP contribution in [0.3, 0.4) is 0 Å². The molecule has 0 aliphatic carbocycles. The average molecular weight is 281 g/mol. The second kappa shape index (κ2) is 6.07. The molecule has 5 heteroatoms. The van der Waals surface area contributed by atoms with Crippen molar-refractivity contribution in [3.63, 3.8) is 0 Å². The van der Waals surface area contributed by atoms with Crippen LogP contribution in [-0.2, 0) is 6.42 Å². The van der Waals surface area contributed by atoms with E-state index in [9.17, 15) is 0 Å². The molecule has 0 atom stereocenters. The summed E-state index contributed by atoms with van der Waals surface area (Å²) in [7, 11) is 0. The maximum absolute atomic E-state index is 5.91. The molecule has 18 heavy (non-hydrogen) atoms. The average Bonchev–Trinajstić information content (AvgIpc) is 2.38. The van der Waals surface area contributed by atoms with Crippen LogP contribution in [0.1, 0.15) is 12.5 Å². The molecular formula is C13H13ClN2OS. The van der Waals surface area contributed by atoms with Crippen LogP contribution >= 0.6 is 23.4 Å². The Kier molecular flexibility index (Phi) is 4.44. The lowest BCUT2D eigenvalue weighted by atomic mass is 10.2. The van der Waals surface area contributed by atoms with Crippen LogP contribution in [0, 0.1) is 0 Å². The van der Waals surface area contributed by atoms with Crippen LogP contribution in [0.25, 0.3) is 0 Å². The fourth-order valence-electron chi connectivity index (χ4n) is 1.47. The summed E-state index contributed by atoms with van der Waals surface area (Å²) in [4.78, 5) is 8.31. The molecule has 0 unspecified atom stereocenters. The summed E-state index contributed by atoms with van der Waals surface area (Å²) in [6, 6.07) is 9.53. The maximum Gasteiger partial charge on any atom is 0.224 e. The SMILES string of the molecule is CCc1cccc(Oc2cc(Cl)nc(SC)n2)c1. The van der Waals surface area contributed by atoms with E-state index < -0.39 is 0 Å². The molecule has 3 nitrogen and oxygen atoms in total. The van der Waals surface area contributed by atoms with Crippen molar-refractivity contribution in [1.82, 2.24) is 9.97 Å². The monoisotopic (exact) mass is 280 g/mol. The molecule has 0 bridgehead atoms. The van der Waals surface area contributed by atoms with Crippen molar-refractivity contribution in [2.75, 3.05) is 6.26 Å². The number of hydrogen-bond acceptors (Lipinski definition) is 4. The van der Waals surface area contributed by atoms with E-state index in [1.807, 2.05) is 24.5 Å². The van der Waals surface area contributed by atoms with Crippen LogP contribution < -0.4 is 4.74 Å². The van der Waals surface area contributed by atoms with Gasteiger partial charge in [-0.25, -0.2) is 4.98 Å². The number of halogens is 1. The highest BCUT2D eigenvalue weighted by Crippen LogP contribution is 2.24. The van der Waals surface area contributed by atoms with Gasteiger partial charge < -0.3 is 4.74 Å². The number of aromatic nitrogens is 2. The van der Waals surface area contributed by atoms with Gasteiger partial charge in [0, 0.05) is 6.07 Å². The minimum absolute atomic E-state index is 0.385. The summed E-state index contributed by atoms with van der Waals surface area (Å²) >= 11 is 7.34. The number of hydrogen-bond donors (Lipinski definition) is 0. The van der Waals surface area contributed by atoms with Gasteiger partial charge in [0.1, 0.15) is 10.9 Å². The van der Waals surface area contributed by atoms with Crippen LogP contribution in [0.2, 0.25) is 5.15 Å². The molecule has 0 radical (unpaired) electrons. The smallest absolute Gasteiger partial charge is 0.224 e. The molecule has 1 heterocycles. The molecule has 0 spiro atoms. The largest absolute Gasteiger partial charge is 0.439 e. The third-order valence-corrected chi connectivity index (χ3v) is 3.10. The summed E-state index contributed by atoms with van der Waals surface area (Å²) in [6.45, 7) is 2.10. The van der Waals surface area contributed by atoms with Crippen molar-refractivity contribution in [2.45, 2.75) is 18.5 Å². The Morgan fingerprint density at radius 1 is 1.28 bits per heavy atom. The number of nitrogens with zero attached hydrogens (tertiary/aromatic N) is 2. The van der Waals surface area contributed by atoms with Crippen LogP contribution in [-0.4, -0.2) is 16.2 Å². The van der Waals surface area contributed by atoms with Gasteiger partial charge in [0.05, 0.1) is 0 Å². The van der Waals surface area contributed by atoms with Crippen LogP contribution in [0.15, 0.2) is 35.5 Å². The molecule has 0 aliphatic heterocycles. The van der Waals surface area contributed by atoms with Gasteiger partial charge in [0.2, 0.25) is 5.88 Å². The van der Waals surface area contributed by atoms with E-state index in [-0.39, 0.29) is 0 Å². The summed E-state index contributed by atoms with van der Waals surface area (Å²) in [5, 5.41) is 0.986. The molecule has 1 aromatic carbocycles. The third-order valence-electron chi connectivity index (χ3n) is 2.36. The molecule has 94 valence electrons. The van der Waals surface area contributed by atoms with Crippen molar-refractivity contribution < 1.29 is 4.74 Å². The lowest BCUT2D eigenvalue weighted by Gasteiger charge is -2.07. The quantitative estimate of drug-likeness (QED) is 0.477. The molecule has 2 rings (SSSR count). The molecule has 0 saturated heterocycles. The van der Waals surface area contributed by atoms with Crippen molar-refractivity contribution in [3.05, 3.63) is 41.0 Å².